The van der Waals surface area contributed by atoms with Crippen LogP contribution >= 0.6 is 0 Å². The zero-order valence-electron chi connectivity index (χ0n) is 13.7. The number of hydrogen-bond donors (Lipinski definition) is 1. The molecule has 0 saturated heterocycles. The van der Waals surface area contributed by atoms with Crippen LogP contribution in [-0.2, 0) is 0 Å². The van der Waals surface area contributed by atoms with Crippen LogP contribution < -0.4 is 10.1 Å². The average molecular weight is 328 g/mol. The quantitative estimate of drug-likeness (QED) is 0.466. The van der Waals surface area contributed by atoms with Gasteiger partial charge in [0.2, 0.25) is 0 Å². The second-order valence-corrected chi connectivity index (χ2v) is 5.39. The Labute approximate surface area is 140 Å². The molecule has 0 spiro atoms. The lowest BCUT2D eigenvalue weighted by Crippen LogP contribution is -2.13. The van der Waals surface area contributed by atoms with E-state index >= 15 is 0 Å². The van der Waals surface area contributed by atoms with Gasteiger partial charge in [-0.05, 0) is 37.6 Å². The topological polar surface area (TPSA) is 81.5 Å². The van der Waals surface area contributed by atoms with Gasteiger partial charge in [0.25, 0.3) is 11.6 Å². The largest absolute Gasteiger partial charge is 0.494 e. The van der Waals surface area contributed by atoms with Crippen LogP contribution in [0.5, 0.6) is 5.75 Å². The number of nitro benzene ring substituents is 1. The van der Waals surface area contributed by atoms with Crippen LogP contribution in [0, 0.1) is 17.0 Å². The van der Waals surface area contributed by atoms with Crippen molar-refractivity contribution in [3.05, 3.63) is 63.7 Å². The Morgan fingerprint density at radius 2 is 2.00 bits per heavy atom. The Morgan fingerprint density at radius 1 is 1.25 bits per heavy atom. The SMILES string of the molecule is CCCCOc1cccc(C(=O)Nc2cccc([N+](=O)[O-])c2C)c1. The maximum Gasteiger partial charge on any atom is 0.274 e. The minimum atomic E-state index is -0.465. The van der Waals surface area contributed by atoms with Gasteiger partial charge in [-0.1, -0.05) is 25.5 Å². The van der Waals surface area contributed by atoms with Crippen LogP contribution in [-0.4, -0.2) is 17.4 Å². The molecule has 6 nitrogen and oxygen atoms in total. The van der Waals surface area contributed by atoms with Gasteiger partial charge in [-0.2, -0.15) is 0 Å². The van der Waals surface area contributed by atoms with Gasteiger partial charge >= 0.3 is 0 Å². The number of amides is 1. The van der Waals surface area contributed by atoms with E-state index in [0.717, 1.165) is 12.8 Å². The van der Waals surface area contributed by atoms with E-state index in [1.165, 1.54) is 6.07 Å². The fraction of sp³-hybridized carbons (Fsp3) is 0.278. The highest BCUT2D eigenvalue weighted by molar-refractivity contribution is 6.05. The number of nitrogens with zero attached hydrogens (tertiary/aromatic N) is 1. The number of carbonyl (C=O) groups excluding carboxylic acids is 1. The molecule has 0 aromatic heterocycles. The monoisotopic (exact) mass is 328 g/mol. The van der Waals surface area contributed by atoms with E-state index < -0.39 is 4.92 Å². The Balaban J connectivity index is 2.14. The Kier molecular flexibility index (Phi) is 5.89. The molecular weight excluding hydrogens is 308 g/mol. The lowest BCUT2D eigenvalue weighted by Gasteiger charge is -2.10. The van der Waals surface area contributed by atoms with Crippen LogP contribution in [0.25, 0.3) is 0 Å². The highest BCUT2D eigenvalue weighted by Crippen LogP contribution is 2.25. The van der Waals surface area contributed by atoms with Gasteiger partial charge in [-0.15, -0.1) is 0 Å². The summed E-state index contributed by atoms with van der Waals surface area (Å²) in [5, 5.41) is 13.7. The first-order valence-electron chi connectivity index (χ1n) is 7.81. The molecule has 1 N–H and O–H groups in total. The van der Waals surface area contributed by atoms with Gasteiger partial charge in [0.05, 0.1) is 22.8 Å². The first-order chi connectivity index (χ1) is 11.5. The lowest BCUT2D eigenvalue weighted by molar-refractivity contribution is -0.385. The van der Waals surface area contributed by atoms with Crippen LogP contribution in [0.2, 0.25) is 0 Å². The van der Waals surface area contributed by atoms with Crippen molar-refractivity contribution >= 4 is 17.3 Å². The van der Waals surface area contributed by atoms with Crippen LogP contribution in [0.3, 0.4) is 0 Å². The van der Waals surface area contributed by atoms with Crippen molar-refractivity contribution in [1.29, 1.82) is 0 Å². The number of carbonyl (C=O) groups is 1. The summed E-state index contributed by atoms with van der Waals surface area (Å²) >= 11 is 0. The molecule has 24 heavy (non-hydrogen) atoms. The minimum absolute atomic E-state index is 0.0237. The molecule has 0 fully saturated rings. The molecule has 0 saturated carbocycles. The second kappa shape index (κ2) is 8.10. The molecular formula is C18H20N2O4. The zero-order chi connectivity index (χ0) is 17.5. The molecule has 0 aliphatic carbocycles. The lowest BCUT2D eigenvalue weighted by atomic mass is 10.1. The fourth-order valence-corrected chi connectivity index (χ4v) is 2.21. The van der Waals surface area contributed by atoms with E-state index in [0.29, 0.717) is 29.2 Å². The zero-order valence-corrected chi connectivity index (χ0v) is 13.7. The number of nitro groups is 1. The van der Waals surface area contributed by atoms with E-state index in [2.05, 4.69) is 12.2 Å². The summed E-state index contributed by atoms with van der Waals surface area (Å²) in [6.45, 7) is 4.29. The summed E-state index contributed by atoms with van der Waals surface area (Å²) < 4.78 is 5.59. The van der Waals surface area contributed by atoms with Gasteiger partial charge in [-0.25, -0.2) is 0 Å². The van der Waals surface area contributed by atoms with Gasteiger partial charge in [-0.3, -0.25) is 14.9 Å². The predicted octanol–water partition coefficient (Wildman–Crippen LogP) is 4.33. The number of benzene rings is 2. The number of anilines is 1. The first kappa shape index (κ1) is 17.5. The van der Waals surface area contributed by atoms with E-state index in [-0.39, 0.29) is 11.6 Å². The van der Waals surface area contributed by atoms with Gasteiger partial charge in [0.15, 0.2) is 0 Å². The number of nitrogens with one attached hydrogen (secondary N) is 1. The van der Waals surface area contributed by atoms with E-state index in [9.17, 15) is 14.9 Å². The van der Waals surface area contributed by atoms with Crippen LogP contribution in [0.1, 0.15) is 35.7 Å². The van der Waals surface area contributed by atoms with E-state index in [4.69, 9.17) is 4.74 Å². The third-order valence-corrected chi connectivity index (χ3v) is 3.61. The van der Waals surface area contributed by atoms with Crippen molar-refractivity contribution in [2.24, 2.45) is 0 Å². The number of unbranched alkanes of at least 4 members (excludes halogenated alkanes) is 1. The predicted molar refractivity (Wildman–Crippen MR) is 92.6 cm³/mol. The summed E-state index contributed by atoms with van der Waals surface area (Å²) in [6, 6.07) is 11.5. The normalized spacial score (nSPS) is 10.2. The molecule has 0 atom stereocenters. The molecule has 0 heterocycles. The van der Waals surface area contributed by atoms with Gasteiger partial charge in [0, 0.05) is 11.6 Å². The molecule has 0 unspecified atom stereocenters. The maximum absolute atomic E-state index is 12.4. The summed E-state index contributed by atoms with van der Waals surface area (Å²) in [4.78, 5) is 22.9. The number of hydrogen-bond acceptors (Lipinski definition) is 4. The summed E-state index contributed by atoms with van der Waals surface area (Å²) in [6.07, 6.45) is 1.98. The summed E-state index contributed by atoms with van der Waals surface area (Å²) in [5.41, 5.74) is 1.26. The minimum Gasteiger partial charge on any atom is -0.494 e. The number of rotatable bonds is 7. The van der Waals surface area contributed by atoms with Crippen LogP contribution in [0.15, 0.2) is 42.5 Å². The van der Waals surface area contributed by atoms with Crippen molar-refractivity contribution in [2.45, 2.75) is 26.7 Å². The van der Waals surface area contributed by atoms with Crippen molar-refractivity contribution in [3.8, 4) is 5.75 Å². The standard InChI is InChI=1S/C18H20N2O4/c1-3-4-11-24-15-8-5-7-14(12-15)18(21)19-16-9-6-10-17(13(16)2)20(22)23/h5-10,12H,3-4,11H2,1-2H3,(H,19,21). The third-order valence-electron chi connectivity index (χ3n) is 3.61. The average Bonchev–Trinajstić information content (AvgIpc) is 2.57. The summed E-state index contributed by atoms with van der Waals surface area (Å²) in [7, 11) is 0. The van der Waals surface area contributed by atoms with E-state index in [1.807, 2.05) is 0 Å². The molecule has 2 aromatic carbocycles. The third kappa shape index (κ3) is 4.32. The molecule has 0 radical (unpaired) electrons. The van der Waals surface area contributed by atoms with Gasteiger partial charge < -0.3 is 10.1 Å². The van der Waals surface area contributed by atoms with Crippen molar-refractivity contribution in [2.75, 3.05) is 11.9 Å². The Morgan fingerprint density at radius 3 is 2.71 bits per heavy atom. The molecule has 1 amide bonds. The molecule has 2 aromatic rings. The second-order valence-electron chi connectivity index (χ2n) is 5.39. The highest BCUT2D eigenvalue weighted by Gasteiger charge is 2.15. The maximum atomic E-state index is 12.4. The van der Waals surface area contributed by atoms with E-state index in [1.54, 1.807) is 43.3 Å². The van der Waals surface area contributed by atoms with Gasteiger partial charge in [0.1, 0.15) is 5.75 Å². The molecule has 126 valence electrons. The summed E-state index contributed by atoms with van der Waals surface area (Å²) in [5.74, 6) is 0.298. The molecule has 0 aliphatic rings. The molecule has 2 rings (SSSR count). The molecule has 0 aliphatic heterocycles. The van der Waals surface area contributed by atoms with Crippen LogP contribution in [0.4, 0.5) is 11.4 Å². The highest BCUT2D eigenvalue weighted by atomic mass is 16.6. The Hall–Kier alpha value is -2.89. The van der Waals surface area contributed by atoms with Crippen molar-refractivity contribution < 1.29 is 14.5 Å². The van der Waals surface area contributed by atoms with Crippen molar-refractivity contribution in [1.82, 2.24) is 0 Å². The Bertz CT molecular complexity index is 744. The number of ether oxygens (including phenoxy) is 1. The van der Waals surface area contributed by atoms with Crippen molar-refractivity contribution in [3.63, 3.8) is 0 Å². The molecule has 6 heteroatoms. The fourth-order valence-electron chi connectivity index (χ4n) is 2.21. The molecule has 0 bridgehead atoms. The smallest absolute Gasteiger partial charge is 0.274 e. The first-order valence-corrected chi connectivity index (χ1v) is 7.81.